The number of halogens is 1. The zero-order valence-electron chi connectivity index (χ0n) is 10.8. The largest absolute Gasteiger partial charge is 0.497 e. The summed E-state index contributed by atoms with van der Waals surface area (Å²) in [6, 6.07) is 14.3. The minimum Gasteiger partial charge on any atom is -0.497 e. The van der Waals surface area contributed by atoms with Crippen LogP contribution in [0.1, 0.15) is 16.7 Å². The second kappa shape index (κ2) is 5.10. The maximum atomic E-state index is 5.90. The summed E-state index contributed by atoms with van der Waals surface area (Å²) in [5.41, 5.74) is 5.42. The zero-order chi connectivity index (χ0) is 13.2. The molecule has 2 aromatic rings. The van der Waals surface area contributed by atoms with Gasteiger partial charge in [-0.15, -0.1) is 0 Å². The smallest absolute Gasteiger partial charge is 0.119 e. The Balaban J connectivity index is 1.85. The first-order valence-electron chi connectivity index (χ1n) is 6.35. The molecule has 3 rings (SSSR count). The van der Waals surface area contributed by atoms with Crippen LogP contribution in [0, 0.1) is 0 Å². The van der Waals surface area contributed by atoms with Crippen molar-refractivity contribution in [3.8, 4) is 5.75 Å². The van der Waals surface area contributed by atoms with Crippen LogP contribution in [0.25, 0.3) is 6.08 Å². The first kappa shape index (κ1) is 12.3. The van der Waals surface area contributed by atoms with E-state index in [0.29, 0.717) is 0 Å². The fraction of sp³-hybridized carbons (Fsp3) is 0.176. The minimum absolute atomic E-state index is 0.779. The van der Waals surface area contributed by atoms with E-state index in [-0.39, 0.29) is 0 Å². The van der Waals surface area contributed by atoms with Gasteiger partial charge >= 0.3 is 0 Å². The molecule has 0 aromatic heterocycles. The fourth-order valence-corrected chi connectivity index (χ4v) is 2.64. The van der Waals surface area contributed by atoms with E-state index in [4.69, 9.17) is 16.3 Å². The number of benzene rings is 2. The molecule has 1 nitrogen and oxygen atoms in total. The SMILES string of the molecule is COc1ccc2c(c1)C/C(=C/c1ccc(Cl)cc1)C2. The van der Waals surface area contributed by atoms with Gasteiger partial charge in [-0.25, -0.2) is 0 Å². The van der Waals surface area contributed by atoms with Gasteiger partial charge in [-0.2, -0.15) is 0 Å². The van der Waals surface area contributed by atoms with Crippen LogP contribution in [-0.4, -0.2) is 7.11 Å². The third-order valence-electron chi connectivity index (χ3n) is 3.49. The lowest BCUT2D eigenvalue weighted by Gasteiger charge is -2.01. The Morgan fingerprint density at radius 1 is 1.00 bits per heavy atom. The van der Waals surface area contributed by atoms with E-state index in [1.54, 1.807) is 7.11 Å². The number of hydrogen-bond donors (Lipinski definition) is 0. The number of ether oxygens (including phenoxy) is 1. The van der Waals surface area contributed by atoms with Crippen molar-refractivity contribution in [2.45, 2.75) is 12.8 Å². The van der Waals surface area contributed by atoms with Crippen molar-refractivity contribution in [3.05, 3.63) is 69.8 Å². The highest BCUT2D eigenvalue weighted by Crippen LogP contribution is 2.30. The Morgan fingerprint density at radius 3 is 2.47 bits per heavy atom. The van der Waals surface area contributed by atoms with Gasteiger partial charge in [-0.1, -0.05) is 41.4 Å². The van der Waals surface area contributed by atoms with E-state index in [2.05, 4.69) is 30.3 Å². The van der Waals surface area contributed by atoms with Gasteiger partial charge in [-0.05, 0) is 53.8 Å². The van der Waals surface area contributed by atoms with Crippen LogP contribution in [0.5, 0.6) is 5.75 Å². The predicted molar refractivity (Wildman–Crippen MR) is 79.8 cm³/mol. The molecule has 0 unspecified atom stereocenters. The molecule has 0 atom stereocenters. The van der Waals surface area contributed by atoms with Gasteiger partial charge in [0.25, 0.3) is 0 Å². The van der Waals surface area contributed by atoms with Crippen LogP contribution in [0.15, 0.2) is 48.0 Å². The van der Waals surface area contributed by atoms with Crippen LogP contribution in [0.2, 0.25) is 5.02 Å². The molecule has 0 saturated carbocycles. The third-order valence-corrected chi connectivity index (χ3v) is 3.74. The highest BCUT2D eigenvalue weighted by molar-refractivity contribution is 6.30. The normalized spacial score (nSPS) is 15.6. The van der Waals surface area contributed by atoms with Crippen LogP contribution < -0.4 is 4.74 Å². The second-order valence-corrected chi connectivity index (χ2v) is 5.28. The first-order valence-corrected chi connectivity index (χ1v) is 6.73. The molecule has 0 saturated heterocycles. The number of rotatable bonds is 2. The lowest BCUT2D eigenvalue weighted by Crippen LogP contribution is -1.86. The van der Waals surface area contributed by atoms with E-state index in [9.17, 15) is 0 Å². The van der Waals surface area contributed by atoms with Gasteiger partial charge in [0, 0.05) is 5.02 Å². The highest BCUT2D eigenvalue weighted by atomic mass is 35.5. The average Bonchev–Trinajstić information content (AvgIpc) is 2.82. The van der Waals surface area contributed by atoms with Gasteiger partial charge < -0.3 is 4.74 Å². The molecule has 0 fully saturated rings. The Hall–Kier alpha value is -1.73. The van der Waals surface area contributed by atoms with Crippen LogP contribution >= 0.6 is 11.6 Å². The van der Waals surface area contributed by atoms with Crippen molar-refractivity contribution >= 4 is 17.7 Å². The summed E-state index contributed by atoms with van der Waals surface area (Å²) >= 11 is 5.90. The van der Waals surface area contributed by atoms with Gasteiger partial charge in [-0.3, -0.25) is 0 Å². The number of fused-ring (bicyclic) bond motifs is 1. The van der Waals surface area contributed by atoms with E-state index in [1.807, 2.05) is 18.2 Å². The summed E-state index contributed by atoms with van der Waals surface area (Å²) in [4.78, 5) is 0. The Bertz CT molecular complexity index is 626. The molecule has 19 heavy (non-hydrogen) atoms. The molecule has 1 aliphatic rings. The summed E-state index contributed by atoms with van der Waals surface area (Å²) in [6.07, 6.45) is 4.29. The van der Waals surface area contributed by atoms with Crippen molar-refractivity contribution in [1.29, 1.82) is 0 Å². The van der Waals surface area contributed by atoms with Crippen LogP contribution in [0.4, 0.5) is 0 Å². The first-order chi connectivity index (χ1) is 9.24. The molecule has 2 heteroatoms. The Kier molecular flexibility index (Phi) is 3.31. The zero-order valence-corrected chi connectivity index (χ0v) is 11.6. The summed E-state index contributed by atoms with van der Waals surface area (Å²) in [5, 5.41) is 0.779. The fourth-order valence-electron chi connectivity index (χ4n) is 2.51. The highest BCUT2D eigenvalue weighted by Gasteiger charge is 2.15. The number of hydrogen-bond acceptors (Lipinski definition) is 1. The molecule has 96 valence electrons. The molecule has 0 aliphatic heterocycles. The van der Waals surface area contributed by atoms with Crippen molar-refractivity contribution in [3.63, 3.8) is 0 Å². The molecule has 0 spiro atoms. The van der Waals surface area contributed by atoms with Gasteiger partial charge in [0.05, 0.1) is 7.11 Å². The molecular formula is C17H15ClO. The Labute approximate surface area is 118 Å². The van der Waals surface area contributed by atoms with E-state index >= 15 is 0 Å². The van der Waals surface area contributed by atoms with Crippen LogP contribution in [0.3, 0.4) is 0 Å². The van der Waals surface area contributed by atoms with Crippen LogP contribution in [-0.2, 0) is 12.8 Å². The molecular weight excluding hydrogens is 256 g/mol. The molecule has 2 aromatic carbocycles. The lowest BCUT2D eigenvalue weighted by molar-refractivity contribution is 0.414. The van der Waals surface area contributed by atoms with Crippen molar-refractivity contribution in [2.24, 2.45) is 0 Å². The second-order valence-electron chi connectivity index (χ2n) is 4.84. The quantitative estimate of drug-likeness (QED) is 0.779. The average molecular weight is 271 g/mol. The molecule has 0 bridgehead atoms. The molecule has 0 heterocycles. The van der Waals surface area contributed by atoms with E-state index in [1.165, 1.54) is 22.3 Å². The van der Waals surface area contributed by atoms with Crippen molar-refractivity contribution in [1.82, 2.24) is 0 Å². The third kappa shape index (κ3) is 2.66. The predicted octanol–water partition coefficient (Wildman–Crippen LogP) is 4.53. The van der Waals surface area contributed by atoms with Crippen molar-refractivity contribution < 1.29 is 4.74 Å². The molecule has 1 aliphatic carbocycles. The topological polar surface area (TPSA) is 9.23 Å². The van der Waals surface area contributed by atoms with E-state index < -0.39 is 0 Å². The molecule has 0 radical (unpaired) electrons. The molecule has 0 N–H and O–H groups in total. The standard InChI is InChI=1S/C17H15ClO/c1-19-17-7-4-14-9-13(10-15(14)11-17)8-12-2-5-16(18)6-3-12/h2-8,11H,9-10H2,1H3/b13-8+. The summed E-state index contributed by atoms with van der Waals surface area (Å²) in [5.74, 6) is 0.937. The van der Waals surface area contributed by atoms with Gasteiger partial charge in [0.2, 0.25) is 0 Å². The Morgan fingerprint density at radius 2 is 1.74 bits per heavy atom. The number of methoxy groups -OCH3 is 1. The monoisotopic (exact) mass is 270 g/mol. The summed E-state index contributed by atoms with van der Waals surface area (Å²) < 4.78 is 5.27. The summed E-state index contributed by atoms with van der Waals surface area (Å²) in [7, 11) is 1.71. The molecule has 0 amide bonds. The minimum atomic E-state index is 0.779. The summed E-state index contributed by atoms with van der Waals surface area (Å²) in [6.45, 7) is 0. The van der Waals surface area contributed by atoms with Gasteiger partial charge in [0.15, 0.2) is 0 Å². The lowest BCUT2D eigenvalue weighted by atomic mass is 10.1. The van der Waals surface area contributed by atoms with E-state index in [0.717, 1.165) is 23.6 Å². The van der Waals surface area contributed by atoms with Crippen molar-refractivity contribution in [2.75, 3.05) is 7.11 Å². The maximum absolute atomic E-state index is 5.90. The maximum Gasteiger partial charge on any atom is 0.119 e. The number of allylic oxidation sites excluding steroid dienone is 1. The van der Waals surface area contributed by atoms with Gasteiger partial charge in [0.1, 0.15) is 5.75 Å².